The first-order valence-corrected chi connectivity index (χ1v) is 7.66. The molecule has 0 aliphatic carbocycles. The van der Waals surface area contributed by atoms with Crippen LogP contribution < -0.4 is 5.32 Å². The van der Waals surface area contributed by atoms with Gasteiger partial charge >= 0.3 is 0 Å². The molecule has 4 nitrogen and oxygen atoms in total. The molecule has 0 aliphatic heterocycles. The number of carbonyl (C=O) groups excluding carboxylic acids is 1. The van der Waals surface area contributed by atoms with Crippen molar-refractivity contribution in [2.75, 3.05) is 13.2 Å². The molecule has 1 N–H and O–H groups in total. The van der Waals surface area contributed by atoms with Crippen LogP contribution in [0, 0.1) is 5.92 Å². The van der Waals surface area contributed by atoms with Crippen molar-refractivity contribution in [1.29, 1.82) is 0 Å². The highest BCUT2D eigenvalue weighted by molar-refractivity contribution is 5.78. The predicted molar refractivity (Wildman–Crippen MR) is 83.8 cm³/mol. The highest BCUT2D eigenvalue weighted by Crippen LogP contribution is 2.15. The maximum absolute atomic E-state index is 12.2. The standard InChI is InChI=1S/C17H27NO3/c1-5-20-16(21-6-2)12-13(3)17(19)18-14(4)15-10-8-7-9-11-15/h7-11,13-14,16H,5-6,12H2,1-4H3,(H,18,19)/t13?,14-/m1/s1. The molecular formula is C17H27NO3. The van der Waals surface area contributed by atoms with E-state index in [1.54, 1.807) is 0 Å². The third kappa shape index (κ3) is 6.27. The van der Waals surface area contributed by atoms with Crippen LogP contribution in [0.25, 0.3) is 0 Å². The average Bonchev–Trinajstić information content (AvgIpc) is 2.48. The molecule has 1 aromatic rings. The molecule has 118 valence electrons. The van der Waals surface area contributed by atoms with Crippen LogP contribution in [0.5, 0.6) is 0 Å². The summed E-state index contributed by atoms with van der Waals surface area (Å²) in [5.41, 5.74) is 1.10. The summed E-state index contributed by atoms with van der Waals surface area (Å²) in [7, 11) is 0. The third-order valence-electron chi connectivity index (χ3n) is 3.36. The van der Waals surface area contributed by atoms with Crippen molar-refractivity contribution in [3.05, 3.63) is 35.9 Å². The second-order valence-corrected chi connectivity index (χ2v) is 5.12. The molecule has 0 saturated heterocycles. The van der Waals surface area contributed by atoms with Gasteiger partial charge in [-0.15, -0.1) is 0 Å². The minimum Gasteiger partial charge on any atom is -0.353 e. The number of amides is 1. The van der Waals surface area contributed by atoms with E-state index in [9.17, 15) is 4.79 Å². The van der Waals surface area contributed by atoms with E-state index >= 15 is 0 Å². The zero-order valence-corrected chi connectivity index (χ0v) is 13.5. The fraction of sp³-hybridized carbons (Fsp3) is 0.588. The van der Waals surface area contributed by atoms with Crippen LogP contribution in [0.15, 0.2) is 30.3 Å². The molecule has 1 rings (SSSR count). The van der Waals surface area contributed by atoms with Gasteiger partial charge in [0.1, 0.15) is 0 Å². The van der Waals surface area contributed by atoms with Gasteiger partial charge in [0.15, 0.2) is 6.29 Å². The Morgan fingerprint density at radius 3 is 2.19 bits per heavy atom. The molecule has 0 radical (unpaired) electrons. The molecule has 1 amide bonds. The number of benzene rings is 1. The van der Waals surface area contributed by atoms with Gasteiger partial charge in [0.05, 0.1) is 6.04 Å². The van der Waals surface area contributed by atoms with Crippen molar-refractivity contribution >= 4 is 5.91 Å². The van der Waals surface area contributed by atoms with Crippen LogP contribution in [0.4, 0.5) is 0 Å². The predicted octanol–water partition coefficient (Wildman–Crippen LogP) is 3.29. The van der Waals surface area contributed by atoms with E-state index < -0.39 is 0 Å². The summed E-state index contributed by atoms with van der Waals surface area (Å²) in [5.74, 6) is -0.130. The lowest BCUT2D eigenvalue weighted by molar-refractivity contribution is -0.152. The van der Waals surface area contributed by atoms with E-state index in [1.807, 2.05) is 58.0 Å². The van der Waals surface area contributed by atoms with E-state index in [1.165, 1.54) is 0 Å². The Kier molecular flexibility index (Phi) is 8.01. The molecule has 0 heterocycles. The lowest BCUT2D eigenvalue weighted by Crippen LogP contribution is -2.34. The van der Waals surface area contributed by atoms with E-state index in [0.717, 1.165) is 5.56 Å². The summed E-state index contributed by atoms with van der Waals surface area (Å²) in [5, 5.41) is 3.04. The Labute approximate surface area is 127 Å². The van der Waals surface area contributed by atoms with E-state index in [-0.39, 0.29) is 24.2 Å². The number of nitrogens with one attached hydrogen (secondary N) is 1. The third-order valence-corrected chi connectivity index (χ3v) is 3.36. The molecule has 0 bridgehead atoms. The number of hydrogen-bond donors (Lipinski definition) is 1. The smallest absolute Gasteiger partial charge is 0.223 e. The van der Waals surface area contributed by atoms with Crippen molar-refractivity contribution in [2.24, 2.45) is 5.92 Å². The summed E-state index contributed by atoms with van der Waals surface area (Å²) in [4.78, 5) is 12.2. The quantitative estimate of drug-likeness (QED) is 0.711. The van der Waals surface area contributed by atoms with Gasteiger partial charge in [0.2, 0.25) is 5.91 Å². The molecule has 4 heteroatoms. The number of carbonyl (C=O) groups is 1. The van der Waals surface area contributed by atoms with Crippen molar-refractivity contribution in [3.63, 3.8) is 0 Å². The Balaban J connectivity index is 2.50. The van der Waals surface area contributed by atoms with Crippen LogP contribution in [-0.2, 0) is 14.3 Å². The Morgan fingerprint density at radius 2 is 1.67 bits per heavy atom. The van der Waals surface area contributed by atoms with Crippen molar-refractivity contribution in [1.82, 2.24) is 5.32 Å². The van der Waals surface area contributed by atoms with Crippen molar-refractivity contribution in [3.8, 4) is 0 Å². The van der Waals surface area contributed by atoms with E-state index in [0.29, 0.717) is 19.6 Å². The van der Waals surface area contributed by atoms with Crippen molar-refractivity contribution < 1.29 is 14.3 Å². The molecule has 0 aliphatic rings. The van der Waals surface area contributed by atoms with Crippen LogP contribution in [0.2, 0.25) is 0 Å². The van der Waals surface area contributed by atoms with Crippen LogP contribution in [-0.4, -0.2) is 25.4 Å². The average molecular weight is 293 g/mol. The normalized spacial score (nSPS) is 14.0. The molecule has 21 heavy (non-hydrogen) atoms. The van der Waals surface area contributed by atoms with Crippen molar-refractivity contribution in [2.45, 2.75) is 46.4 Å². The minimum atomic E-state index is -0.312. The summed E-state index contributed by atoms with van der Waals surface area (Å²) in [6.07, 6.45) is 0.252. The lowest BCUT2D eigenvalue weighted by atomic mass is 10.0. The first-order chi connectivity index (χ1) is 10.1. The minimum absolute atomic E-state index is 0.00112. The van der Waals surface area contributed by atoms with Gasteiger partial charge in [0.25, 0.3) is 0 Å². The maximum Gasteiger partial charge on any atom is 0.223 e. The van der Waals surface area contributed by atoms with Crippen LogP contribution >= 0.6 is 0 Å². The highest BCUT2D eigenvalue weighted by atomic mass is 16.7. The zero-order valence-electron chi connectivity index (χ0n) is 13.5. The van der Waals surface area contributed by atoms with Gasteiger partial charge in [-0.3, -0.25) is 4.79 Å². The number of hydrogen-bond acceptors (Lipinski definition) is 3. The zero-order chi connectivity index (χ0) is 15.7. The molecule has 0 aromatic heterocycles. The number of ether oxygens (including phenoxy) is 2. The van der Waals surface area contributed by atoms with Crippen LogP contribution in [0.1, 0.15) is 45.7 Å². The molecule has 1 unspecified atom stereocenters. The van der Waals surface area contributed by atoms with Gasteiger partial charge in [-0.25, -0.2) is 0 Å². The van der Waals surface area contributed by atoms with Gasteiger partial charge in [0, 0.05) is 25.6 Å². The fourth-order valence-corrected chi connectivity index (χ4v) is 2.13. The summed E-state index contributed by atoms with van der Waals surface area (Å²) in [6.45, 7) is 8.90. The fourth-order valence-electron chi connectivity index (χ4n) is 2.13. The summed E-state index contributed by atoms with van der Waals surface area (Å²) < 4.78 is 11.0. The first-order valence-electron chi connectivity index (χ1n) is 7.66. The summed E-state index contributed by atoms with van der Waals surface area (Å²) >= 11 is 0. The topological polar surface area (TPSA) is 47.6 Å². The molecule has 2 atom stereocenters. The highest BCUT2D eigenvalue weighted by Gasteiger charge is 2.21. The molecule has 1 aromatic carbocycles. The Morgan fingerprint density at radius 1 is 1.10 bits per heavy atom. The van der Waals surface area contributed by atoms with Gasteiger partial charge in [-0.1, -0.05) is 37.3 Å². The second kappa shape index (κ2) is 9.53. The van der Waals surface area contributed by atoms with E-state index in [4.69, 9.17) is 9.47 Å². The van der Waals surface area contributed by atoms with Gasteiger partial charge < -0.3 is 14.8 Å². The molecular weight excluding hydrogens is 266 g/mol. The molecule has 0 saturated carbocycles. The summed E-state index contributed by atoms with van der Waals surface area (Å²) in [6, 6.07) is 9.94. The Hall–Kier alpha value is -1.39. The lowest BCUT2D eigenvalue weighted by Gasteiger charge is -2.22. The monoisotopic (exact) mass is 293 g/mol. The maximum atomic E-state index is 12.2. The second-order valence-electron chi connectivity index (χ2n) is 5.12. The SMILES string of the molecule is CCOC(CC(C)C(=O)N[C@H](C)c1ccccc1)OCC. The number of rotatable bonds is 9. The van der Waals surface area contributed by atoms with Crippen LogP contribution in [0.3, 0.4) is 0 Å². The molecule has 0 spiro atoms. The molecule has 0 fully saturated rings. The van der Waals surface area contributed by atoms with E-state index in [2.05, 4.69) is 5.32 Å². The van der Waals surface area contributed by atoms with Gasteiger partial charge in [-0.05, 0) is 26.3 Å². The van der Waals surface area contributed by atoms with Gasteiger partial charge in [-0.2, -0.15) is 0 Å². The Bertz CT molecular complexity index is 402. The largest absolute Gasteiger partial charge is 0.353 e. The first kappa shape index (κ1) is 17.7.